The average molecular weight is 311 g/mol. The number of carbonyl (C=O) groups excluding carboxylic acids is 1. The molecule has 0 aliphatic carbocycles. The molecule has 0 radical (unpaired) electrons. The largest absolute Gasteiger partial charge is 0.338 e. The summed E-state index contributed by atoms with van der Waals surface area (Å²) in [6.07, 6.45) is 2.70. The molecule has 1 heterocycles. The van der Waals surface area contributed by atoms with Crippen LogP contribution in [0.25, 0.3) is 0 Å². The van der Waals surface area contributed by atoms with Crippen LogP contribution in [-0.4, -0.2) is 28.9 Å². The minimum absolute atomic E-state index is 0. The van der Waals surface area contributed by atoms with E-state index in [1.807, 2.05) is 17.9 Å². The minimum Gasteiger partial charge on any atom is -0.338 e. The topological polar surface area (TPSA) is 46.3 Å². The number of halogens is 1. The molecule has 0 bridgehead atoms. The van der Waals surface area contributed by atoms with Crippen molar-refractivity contribution in [3.63, 3.8) is 0 Å². The van der Waals surface area contributed by atoms with Gasteiger partial charge >= 0.3 is 0 Å². The third-order valence-electron chi connectivity index (χ3n) is 4.36. The van der Waals surface area contributed by atoms with E-state index in [1.165, 1.54) is 5.56 Å². The third kappa shape index (κ3) is 3.98. The zero-order valence-corrected chi connectivity index (χ0v) is 14.0. The Morgan fingerprint density at radius 3 is 2.57 bits per heavy atom. The molecule has 3 unspecified atom stereocenters. The van der Waals surface area contributed by atoms with Gasteiger partial charge in [-0.1, -0.05) is 43.7 Å². The Morgan fingerprint density at radius 2 is 2.00 bits per heavy atom. The molecule has 0 saturated carbocycles. The Morgan fingerprint density at radius 1 is 1.38 bits per heavy atom. The number of hydrogen-bond donors (Lipinski definition) is 1. The van der Waals surface area contributed by atoms with Crippen molar-refractivity contribution in [3.05, 3.63) is 35.9 Å². The monoisotopic (exact) mass is 310 g/mol. The van der Waals surface area contributed by atoms with Crippen LogP contribution in [0.5, 0.6) is 0 Å². The lowest BCUT2D eigenvalue weighted by atomic mass is 9.95. The lowest BCUT2D eigenvalue weighted by molar-refractivity contribution is -0.137. The zero-order valence-electron chi connectivity index (χ0n) is 13.2. The number of nitrogens with zero attached hydrogens (tertiary/aromatic N) is 1. The molecule has 1 aliphatic rings. The summed E-state index contributed by atoms with van der Waals surface area (Å²) >= 11 is 0. The lowest BCUT2D eigenvalue weighted by Crippen LogP contribution is -2.54. The van der Waals surface area contributed by atoms with Gasteiger partial charge in [0.1, 0.15) is 0 Å². The van der Waals surface area contributed by atoms with Crippen molar-refractivity contribution in [1.82, 2.24) is 4.90 Å². The Bertz CT molecular complexity index is 461. The highest BCUT2D eigenvalue weighted by atomic mass is 35.5. The summed E-state index contributed by atoms with van der Waals surface area (Å²) in [5, 5.41) is 0. The molecule has 4 heteroatoms. The number of rotatable bonds is 4. The third-order valence-corrected chi connectivity index (χ3v) is 4.36. The Hall–Kier alpha value is -1.06. The van der Waals surface area contributed by atoms with Gasteiger partial charge < -0.3 is 10.6 Å². The predicted molar refractivity (Wildman–Crippen MR) is 89.7 cm³/mol. The first-order valence-electron chi connectivity index (χ1n) is 7.60. The lowest BCUT2D eigenvalue weighted by Gasteiger charge is -2.31. The molecule has 1 aliphatic heterocycles. The quantitative estimate of drug-likeness (QED) is 0.927. The highest BCUT2D eigenvalue weighted by molar-refractivity contribution is 5.86. The van der Waals surface area contributed by atoms with Gasteiger partial charge in [-0.05, 0) is 32.3 Å². The van der Waals surface area contributed by atoms with Crippen LogP contribution in [0.15, 0.2) is 30.3 Å². The first-order chi connectivity index (χ1) is 9.45. The van der Waals surface area contributed by atoms with Crippen molar-refractivity contribution in [2.24, 2.45) is 5.73 Å². The number of nitrogens with two attached hydrogens (primary N) is 1. The fourth-order valence-electron chi connectivity index (χ4n) is 3.24. The van der Waals surface area contributed by atoms with Crippen molar-refractivity contribution < 1.29 is 4.79 Å². The number of carbonyl (C=O) groups is 1. The van der Waals surface area contributed by atoms with E-state index in [2.05, 4.69) is 38.1 Å². The standard InChI is InChI=1S/C17H26N2O.ClH/c1-4-10-17(3,18)16(20)19-12-15(11-13(19)2)14-8-6-5-7-9-14;/h5-9,13,15H,4,10-12,18H2,1-3H3;1H. The van der Waals surface area contributed by atoms with Crippen LogP contribution in [0.4, 0.5) is 0 Å². The summed E-state index contributed by atoms with van der Waals surface area (Å²) in [5.41, 5.74) is 6.80. The van der Waals surface area contributed by atoms with Crippen LogP contribution in [0, 0.1) is 0 Å². The van der Waals surface area contributed by atoms with Gasteiger partial charge in [-0.25, -0.2) is 0 Å². The van der Waals surface area contributed by atoms with Gasteiger partial charge in [0.2, 0.25) is 5.91 Å². The number of hydrogen-bond acceptors (Lipinski definition) is 2. The molecular formula is C17H27ClN2O. The summed E-state index contributed by atoms with van der Waals surface area (Å²) < 4.78 is 0. The van der Waals surface area contributed by atoms with Crippen LogP contribution in [-0.2, 0) is 4.79 Å². The fourth-order valence-corrected chi connectivity index (χ4v) is 3.24. The maximum absolute atomic E-state index is 12.6. The van der Waals surface area contributed by atoms with Gasteiger partial charge in [0, 0.05) is 18.5 Å². The molecule has 0 aromatic heterocycles. The molecular weight excluding hydrogens is 284 g/mol. The molecule has 1 fully saturated rings. The molecule has 1 aromatic rings. The van der Waals surface area contributed by atoms with Gasteiger partial charge in [-0.15, -0.1) is 12.4 Å². The number of amides is 1. The molecule has 2 N–H and O–H groups in total. The molecule has 3 atom stereocenters. The normalized spacial score (nSPS) is 24.3. The van der Waals surface area contributed by atoms with E-state index >= 15 is 0 Å². The maximum Gasteiger partial charge on any atom is 0.242 e. The van der Waals surface area contributed by atoms with Gasteiger partial charge in [0.25, 0.3) is 0 Å². The Labute approximate surface area is 134 Å². The van der Waals surface area contributed by atoms with Crippen molar-refractivity contribution in [2.45, 2.75) is 57.5 Å². The van der Waals surface area contributed by atoms with E-state index in [1.54, 1.807) is 0 Å². The first kappa shape index (κ1) is 18.0. The zero-order chi connectivity index (χ0) is 14.8. The Kier molecular flexibility index (Phi) is 6.24. The minimum atomic E-state index is -0.728. The molecule has 1 saturated heterocycles. The second-order valence-corrected chi connectivity index (χ2v) is 6.32. The van der Waals surface area contributed by atoms with Crippen LogP contribution in [0.1, 0.15) is 51.5 Å². The molecule has 1 aromatic carbocycles. The second-order valence-electron chi connectivity index (χ2n) is 6.32. The number of likely N-dealkylation sites (tertiary alicyclic amines) is 1. The van der Waals surface area contributed by atoms with E-state index in [4.69, 9.17) is 5.73 Å². The van der Waals surface area contributed by atoms with Crippen LogP contribution in [0.3, 0.4) is 0 Å². The SMILES string of the molecule is CCCC(C)(N)C(=O)N1CC(c2ccccc2)CC1C.Cl. The van der Waals surface area contributed by atoms with E-state index in [-0.39, 0.29) is 24.4 Å². The van der Waals surface area contributed by atoms with Crippen molar-refractivity contribution in [2.75, 3.05) is 6.54 Å². The summed E-state index contributed by atoms with van der Waals surface area (Å²) in [5.74, 6) is 0.540. The fraction of sp³-hybridized carbons (Fsp3) is 0.588. The molecule has 1 amide bonds. The highest BCUT2D eigenvalue weighted by Gasteiger charge is 2.39. The van der Waals surface area contributed by atoms with Gasteiger partial charge in [0.05, 0.1) is 5.54 Å². The van der Waals surface area contributed by atoms with E-state index in [9.17, 15) is 4.79 Å². The smallest absolute Gasteiger partial charge is 0.242 e. The van der Waals surface area contributed by atoms with E-state index < -0.39 is 5.54 Å². The number of benzene rings is 1. The van der Waals surface area contributed by atoms with Crippen LogP contribution < -0.4 is 5.73 Å². The van der Waals surface area contributed by atoms with Crippen molar-refractivity contribution in [1.29, 1.82) is 0 Å². The summed E-state index contributed by atoms with van der Waals surface area (Å²) in [6.45, 7) is 6.85. The molecule has 0 spiro atoms. The maximum atomic E-state index is 12.6. The molecule has 3 nitrogen and oxygen atoms in total. The Balaban J connectivity index is 0.00000220. The first-order valence-corrected chi connectivity index (χ1v) is 7.60. The predicted octanol–water partition coefficient (Wildman–Crippen LogP) is 3.33. The molecule has 21 heavy (non-hydrogen) atoms. The van der Waals surface area contributed by atoms with Gasteiger partial charge in [-0.2, -0.15) is 0 Å². The van der Waals surface area contributed by atoms with E-state index in [0.717, 1.165) is 25.8 Å². The summed E-state index contributed by atoms with van der Waals surface area (Å²) in [6, 6.07) is 10.7. The van der Waals surface area contributed by atoms with Crippen molar-refractivity contribution in [3.8, 4) is 0 Å². The second kappa shape index (κ2) is 7.28. The summed E-state index contributed by atoms with van der Waals surface area (Å²) in [7, 11) is 0. The van der Waals surface area contributed by atoms with Crippen molar-refractivity contribution >= 4 is 18.3 Å². The molecule has 118 valence electrons. The van der Waals surface area contributed by atoms with Crippen LogP contribution >= 0.6 is 12.4 Å². The molecule has 2 rings (SSSR count). The average Bonchev–Trinajstić information content (AvgIpc) is 2.81. The summed E-state index contributed by atoms with van der Waals surface area (Å²) in [4.78, 5) is 14.6. The van der Waals surface area contributed by atoms with Gasteiger partial charge in [-0.3, -0.25) is 4.79 Å². The van der Waals surface area contributed by atoms with Crippen LogP contribution in [0.2, 0.25) is 0 Å². The van der Waals surface area contributed by atoms with Gasteiger partial charge in [0.15, 0.2) is 0 Å². The highest BCUT2D eigenvalue weighted by Crippen LogP contribution is 2.33. The van der Waals surface area contributed by atoms with E-state index in [0.29, 0.717) is 5.92 Å².